The molecule has 2 aromatic carbocycles. The number of carbonyl (C=O) groups excluding carboxylic acids is 2. The van der Waals surface area contributed by atoms with E-state index < -0.39 is 11.8 Å². The number of amides is 2. The maximum atomic E-state index is 12.4. The van der Waals surface area contributed by atoms with Gasteiger partial charge in [0.15, 0.2) is 29.6 Å². The van der Waals surface area contributed by atoms with Crippen LogP contribution in [0.4, 0.5) is 0 Å². The van der Waals surface area contributed by atoms with Crippen LogP contribution in [0.3, 0.4) is 0 Å². The van der Waals surface area contributed by atoms with E-state index >= 15 is 0 Å². The van der Waals surface area contributed by atoms with Crippen molar-refractivity contribution in [2.24, 2.45) is 10.8 Å². The summed E-state index contributed by atoms with van der Waals surface area (Å²) in [5.74, 6) is 0.770. The number of methoxy groups -OCH3 is 1. The molecule has 0 unspecified atom stereocenters. The molecule has 0 saturated carbocycles. The van der Waals surface area contributed by atoms with Crippen LogP contribution < -0.4 is 30.1 Å². The summed E-state index contributed by atoms with van der Waals surface area (Å²) in [6.07, 6.45) is 3.09. The molecular weight excluding hydrogens is 529 g/mol. The number of rotatable bonds is 12. The Morgan fingerprint density at radius 2 is 1.94 bits per heavy atom. The van der Waals surface area contributed by atoms with Crippen molar-refractivity contribution in [1.82, 2.24) is 5.43 Å². The molecule has 10 heteroatoms. The molecule has 0 aliphatic rings. The van der Waals surface area contributed by atoms with Gasteiger partial charge < -0.3 is 24.7 Å². The standard InChI is InChI=1S/C22H24IN3O6/c1-4-8-31-17-7-6-15(11-18(17)29-3)22(28)26-25-12-14-9-16(23)21(32-13-20(24)27)19(10-14)30-5-2/h4,6-7,9-12H,1,5,8,13H2,2-3H3,(H2,24,27)(H,26,28)/b25-12+. The van der Waals surface area contributed by atoms with Gasteiger partial charge in [0, 0.05) is 5.56 Å². The molecule has 0 aliphatic carbocycles. The summed E-state index contributed by atoms with van der Waals surface area (Å²) in [6, 6.07) is 8.26. The summed E-state index contributed by atoms with van der Waals surface area (Å²) >= 11 is 2.05. The fraction of sp³-hybridized carbons (Fsp3) is 0.227. The lowest BCUT2D eigenvalue weighted by atomic mass is 10.2. The molecule has 0 aliphatic heterocycles. The quantitative estimate of drug-likeness (QED) is 0.181. The monoisotopic (exact) mass is 553 g/mol. The average molecular weight is 553 g/mol. The Hall–Kier alpha value is -3.28. The lowest BCUT2D eigenvalue weighted by Gasteiger charge is -2.13. The molecule has 0 heterocycles. The van der Waals surface area contributed by atoms with Gasteiger partial charge in [-0.3, -0.25) is 9.59 Å². The molecule has 0 spiro atoms. The summed E-state index contributed by atoms with van der Waals surface area (Å²) in [5.41, 5.74) is 8.63. The normalized spacial score (nSPS) is 10.5. The van der Waals surface area contributed by atoms with Gasteiger partial charge in [-0.25, -0.2) is 5.43 Å². The number of nitrogens with one attached hydrogen (secondary N) is 1. The molecule has 0 radical (unpaired) electrons. The Kier molecular flexibility index (Phi) is 9.79. The minimum atomic E-state index is -0.589. The molecule has 0 fully saturated rings. The van der Waals surface area contributed by atoms with Crippen molar-refractivity contribution in [1.29, 1.82) is 0 Å². The Morgan fingerprint density at radius 1 is 1.16 bits per heavy atom. The number of primary amides is 1. The first kappa shape index (κ1) is 25.0. The lowest BCUT2D eigenvalue weighted by Crippen LogP contribution is -2.20. The van der Waals surface area contributed by atoms with E-state index in [4.69, 9.17) is 24.7 Å². The molecule has 2 rings (SSSR count). The number of hydrogen-bond acceptors (Lipinski definition) is 7. The molecule has 0 aromatic heterocycles. The number of carbonyl (C=O) groups is 2. The van der Waals surface area contributed by atoms with Gasteiger partial charge in [0.1, 0.15) is 6.61 Å². The zero-order valence-electron chi connectivity index (χ0n) is 17.7. The third kappa shape index (κ3) is 7.15. The summed E-state index contributed by atoms with van der Waals surface area (Å²) < 4.78 is 22.5. The number of benzene rings is 2. The van der Waals surface area contributed by atoms with E-state index in [1.54, 1.807) is 36.4 Å². The maximum Gasteiger partial charge on any atom is 0.271 e. The predicted molar refractivity (Wildman–Crippen MR) is 129 cm³/mol. The summed E-state index contributed by atoms with van der Waals surface area (Å²) in [7, 11) is 1.49. The van der Waals surface area contributed by atoms with Crippen molar-refractivity contribution in [3.63, 3.8) is 0 Å². The van der Waals surface area contributed by atoms with Gasteiger partial charge >= 0.3 is 0 Å². The summed E-state index contributed by atoms with van der Waals surface area (Å²) in [4.78, 5) is 23.5. The highest BCUT2D eigenvalue weighted by atomic mass is 127. The number of halogens is 1. The first-order valence-corrected chi connectivity index (χ1v) is 10.6. The second-order valence-electron chi connectivity index (χ2n) is 6.18. The lowest BCUT2D eigenvalue weighted by molar-refractivity contribution is -0.120. The van der Waals surface area contributed by atoms with Crippen LogP contribution in [0.15, 0.2) is 48.1 Å². The van der Waals surface area contributed by atoms with E-state index in [0.717, 1.165) is 0 Å². The zero-order valence-corrected chi connectivity index (χ0v) is 19.9. The molecule has 0 bridgehead atoms. The van der Waals surface area contributed by atoms with Gasteiger partial charge in [0.05, 0.1) is 23.5 Å². The first-order valence-electron chi connectivity index (χ1n) is 9.52. The number of nitrogens with zero attached hydrogens (tertiary/aromatic N) is 1. The van der Waals surface area contributed by atoms with Crippen LogP contribution in [0.2, 0.25) is 0 Å². The van der Waals surface area contributed by atoms with Crippen LogP contribution in [-0.4, -0.2) is 45.0 Å². The van der Waals surface area contributed by atoms with Gasteiger partial charge in [-0.1, -0.05) is 12.7 Å². The van der Waals surface area contributed by atoms with Crippen LogP contribution in [0.1, 0.15) is 22.8 Å². The molecule has 9 nitrogen and oxygen atoms in total. The van der Waals surface area contributed by atoms with Crippen LogP contribution in [0, 0.1) is 3.57 Å². The van der Waals surface area contributed by atoms with E-state index in [2.05, 4.69) is 39.7 Å². The first-order chi connectivity index (χ1) is 15.4. The van der Waals surface area contributed by atoms with E-state index in [9.17, 15) is 9.59 Å². The van der Waals surface area contributed by atoms with Crippen molar-refractivity contribution < 1.29 is 28.5 Å². The van der Waals surface area contributed by atoms with Gasteiger partial charge in [-0.2, -0.15) is 5.10 Å². The molecule has 3 N–H and O–H groups in total. The highest BCUT2D eigenvalue weighted by Crippen LogP contribution is 2.34. The smallest absolute Gasteiger partial charge is 0.271 e. The van der Waals surface area contributed by atoms with E-state index in [0.29, 0.717) is 50.9 Å². The van der Waals surface area contributed by atoms with Gasteiger partial charge in [-0.05, 0) is 65.4 Å². The van der Waals surface area contributed by atoms with Gasteiger partial charge in [-0.15, -0.1) is 0 Å². The minimum absolute atomic E-state index is 0.263. The highest BCUT2D eigenvalue weighted by molar-refractivity contribution is 14.1. The molecular formula is C22H24IN3O6. The molecule has 0 saturated heterocycles. The van der Waals surface area contributed by atoms with Gasteiger partial charge in [0.25, 0.3) is 11.8 Å². The topological polar surface area (TPSA) is 121 Å². The van der Waals surface area contributed by atoms with E-state index in [-0.39, 0.29) is 6.61 Å². The Balaban J connectivity index is 2.13. The Morgan fingerprint density at radius 3 is 2.59 bits per heavy atom. The fourth-order valence-corrected chi connectivity index (χ4v) is 3.30. The molecule has 170 valence electrons. The molecule has 32 heavy (non-hydrogen) atoms. The molecule has 2 amide bonds. The Labute approximate surface area is 199 Å². The largest absolute Gasteiger partial charge is 0.493 e. The predicted octanol–water partition coefficient (Wildman–Crippen LogP) is 2.89. The second kappa shape index (κ2) is 12.5. The number of ether oxygens (including phenoxy) is 4. The van der Waals surface area contributed by atoms with E-state index in [1.165, 1.54) is 13.3 Å². The third-order valence-electron chi connectivity index (χ3n) is 3.85. The maximum absolute atomic E-state index is 12.4. The minimum Gasteiger partial charge on any atom is -0.493 e. The highest BCUT2D eigenvalue weighted by Gasteiger charge is 2.13. The SMILES string of the molecule is C=CCOc1ccc(C(=O)N/N=C/c2cc(I)c(OCC(N)=O)c(OCC)c2)cc1OC. The van der Waals surface area contributed by atoms with Crippen LogP contribution in [0.25, 0.3) is 0 Å². The summed E-state index contributed by atoms with van der Waals surface area (Å²) in [6.45, 7) is 5.88. The van der Waals surface area contributed by atoms with Crippen LogP contribution >= 0.6 is 22.6 Å². The Bertz CT molecular complexity index is 1010. The van der Waals surface area contributed by atoms with E-state index in [1.807, 2.05) is 6.92 Å². The second-order valence-corrected chi connectivity index (χ2v) is 7.34. The number of hydrazone groups is 1. The van der Waals surface area contributed by atoms with Gasteiger partial charge in [0.2, 0.25) is 0 Å². The van der Waals surface area contributed by atoms with Crippen molar-refractivity contribution in [3.8, 4) is 23.0 Å². The third-order valence-corrected chi connectivity index (χ3v) is 4.65. The van der Waals surface area contributed by atoms with Crippen molar-refractivity contribution in [3.05, 3.63) is 57.7 Å². The van der Waals surface area contributed by atoms with Crippen LogP contribution in [0.5, 0.6) is 23.0 Å². The average Bonchev–Trinajstić information content (AvgIpc) is 2.77. The number of nitrogens with two attached hydrogens (primary N) is 1. The fourth-order valence-electron chi connectivity index (χ4n) is 2.52. The van der Waals surface area contributed by atoms with Crippen molar-refractivity contribution in [2.45, 2.75) is 6.92 Å². The molecule has 0 atom stereocenters. The van der Waals surface area contributed by atoms with Crippen molar-refractivity contribution >= 4 is 40.6 Å². The molecule has 2 aromatic rings. The van der Waals surface area contributed by atoms with Crippen LogP contribution in [-0.2, 0) is 4.79 Å². The summed E-state index contributed by atoms with van der Waals surface area (Å²) in [5, 5.41) is 4.01. The zero-order chi connectivity index (χ0) is 23.5. The number of hydrogen-bond donors (Lipinski definition) is 2. The van der Waals surface area contributed by atoms with Crippen molar-refractivity contribution in [2.75, 3.05) is 26.9 Å².